The predicted octanol–water partition coefficient (Wildman–Crippen LogP) is 3.47. The molecule has 33 heavy (non-hydrogen) atoms. The zero-order valence-electron chi connectivity index (χ0n) is 17.9. The van der Waals surface area contributed by atoms with E-state index in [1.54, 1.807) is 0 Å². The number of benzene rings is 3. The van der Waals surface area contributed by atoms with E-state index in [0.29, 0.717) is 31.3 Å². The van der Waals surface area contributed by atoms with Gasteiger partial charge < -0.3 is 20.1 Å². The molecule has 0 aromatic heterocycles. The van der Waals surface area contributed by atoms with Crippen molar-refractivity contribution in [2.75, 3.05) is 25.1 Å². The first kappa shape index (κ1) is 22.6. The molecular weight excluding hydrogens is 447 g/mol. The van der Waals surface area contributed by atoms with Crippen LogP contribution in [0.5, 0.6) is 11.5 Å². The average Bonchev–Trinajstić information content (AvgIpc) is 2.82. The number of hydrogen-bond donors (Lipinski definition) is 2. The number of rotatable bonds is 7. The van der Waals surface area contributed by atoms with E-state index in [9.17, 15) is 17.6 Å². The molecule has 0 saturated heterocycles. The van der Waals surface area contributed by atoms with Gasteiger partial charge in [0.1, 0.15) is 19.0 Å². The summed E-state index contributed by atoms with van der Waals surface area (Å²) in [5.74, 6) is -0.280. The summed E-state index contributed by atoms with van der Waals surface area (Å²) in [6.45, 7) is 2.80. The number of sulfone groups is 1. The minimum absolute atomic E-state index is 0.0654. The van der Waals surface area contributed by atoms with Crippen LogP contribution in [-0.2, 0) is 21.2 Å². The van der Waals surface area contributed by atoms with Gasteiger partial charge in [0.25, 0.3) is 0 Å². The maximum absolute atomic E-state index is 14.0. The van der Waals surface area contributed by atoms with Crippen molar-refractivity contribution in [2.45, 2.75) is 23.3 Å². The van der Waals surface area contributed by atoms with Crippen molar-refractivity contribution >= 4 is 21.4 Å². The Morgan fingerprint density at radius 3 is 2.55 bits per heavy atom. The number of anilines is 1. The molecule has 2 N–H and O–H groups in total. The van der Waals surface area contributed by atoms with Crippen LogP contribution in [0.2, 0.25) is 0 Å². The topological polar surface area (TPSA) is 93.7 Å². The molecule has 3 aromatic carbocycles. The lowest BCUT2D eigenvalue weighted by molar-refractivity contribution is -0.119. The van der Waals surface area contributed by atoms with E-state index in [0.717, 1.165) is 23.3 Å². The summed E-state index contributed by atoms with van der Waals surface area (Å²) in [7, 11) is -4.10. The Hall–Kier alpha value is -3.59. The smallest absolute Gasteiger partial charge is 0.239 e. The van der Waals surface area contributed by atoms with E-state index in [-0.39, 0.29) is 27.9 Å². The third-order valence-corrected chi connectivity index (χ3v) is 7.03. The van der Waals surface area contributed by atoms with Gasteiger partial charge in [-0.05, 0) is 48.4 Å². The third-order valence-electron chi connectivity index (χ3n) is 5.23. The van der Waals surface area contributed by atoms with Crippen molar-refractivity contribution in [1.82, 2.24) is 5.32 Å². The first-order chi connectivity index (χ1) is 15.8. The van der Waals surface area contributed by atoms with Gasteiger partial charge >= 0.3 is 0 Å². The molecule has 4 rings (SSSR count). The molecule has 1 aliphatic rings. The molecule has 9 heteroatoms. The van der Waals surface area contributed by atoms with Crippen LogP contribution < -0.4 is 20.1 Å². The first-order valence-corrected chi connectivity index (χ1v) is 11.8. The molecule has 0 aliphatic carbocycles. The number of carbonyl (C=O) groups excluding carboxylic acids is 1. The van der Waals surface area contributed by atoms with Crippen molar-refractivity contribution in [3.05, 3.63) is 77.6 Å². The molecule has 1 amide bonds. The molecule has 1 aliphatic heterocycles. The Kier molecular flexibility index (Phi) is 6.50. The van der Waals surface area contributed by atoms with Gasteiger partial charge in [-0.2, -0.15) is 0 Å². The van der Waals surface area contributed by atoms with E-state index in [4.69, 9.17) is 9.47 Å². The molecular formula is C24H23FN2O5S. The molecule has 3 aromatic rings. The number of hydrogen-bond acceptors (Lipinski definition) is 6. The fourth-order valence-electron chi connectivity index (χ4n) is 3.42. The highest BCUT2D eigenvalue weighted by atomic mass is 32.2. The fraction of sp³-hybridized carbons (Fsp3) is 0.208. The van der Waals surface area contributed by atoms with Crippen molar-refractivity contribution < 1.29 is 27.1 Å². The van der Waals surface area contributed by atoms with E-state index in [2.05, 4.69) is 10.6 Å². The van der Waals surface area contributed by atoms with Crippen LogP contribution in [0, 0.1) is 12.7 Å². The van der Waals surface area contributed by atoms with Gasteiger partial charge in [-0.3, -0.25) is 4.79 Å². The molecule has 0 spiro atoms. The lowest BCUT2D eigenvalue weighted by atomic mass is 10.1. The van der Waals surface area contributed by atoms with Gasteiger partial charge in [0.15, 0.2) is 11.5 Å². The molecule has 7 nitrogen and oxygen atoms in total. The van der Waals surface area contributed by atoms with Crippen LogP contribution >= 0.6 is 0 Å². The lowest BCUT2D eigenvalue weighted by Gasteiger charge is -2.19. The summed E-state index contributed by atoms with van der Waals surface area (Å²) in [6.07, 6.45) is 0. The van der Waals surface area contributed by atoms with Crippen LogP contribution in [0.15, 0.2) is 70.5 Å². The molecule has 0 unspecified atom stereocenters. The van der Waals surface area contributed by atoms with Crippen LogP contribution in [0.25, 0.3) is 0 Å². The second-order valence-electron chi connectivity index (χ2n) is 7.51. The quantitative estimate of drug-likeness (QED) is 0.549. The highest BCUT2D eigenvalue weighted by Crippen LogP contribution is 2.35. The standard InChI is InChI=1S/C24H23FN2O5S/c1-16-4-2-3-5-17(16)14-27-24(28)15-26-20-8-6-18(25)12-23(20)33(29,30)19-7-9-21-22(13-19)32-11-10-31-21/h2-9,12-13,26H,10-11,14-15H2,1H3,(H,27,28). The minimum Gasteiger partial charge on any atom is -0.486 e. The SMILES string of the molecule is Cc1ccccc1CNC(=O)CNc1ccc(F)cc1S(=O)(=O)c1ccc2c(c1)OCCO2. The average molecular weight is 471 g/mol. The summed E-state index contributed by atoms with van der Waals surface area (Å²) in [4.78, 5) is 12.0. The van der Waals surface area contributed by atoms with Crippen LogP contribution in [0.3, 0.4) is 0 Å². The maximum atomic E-state index is 14.0. The number of halogens is 1. The van der Waals surface area contributed by atoms with E-state index in [1.807, 2.05) is 31.2 Å². The van der Waals surface area contributed by atoms with Gasteiger partial charge in [-0.25, -0.2) is 12.8 Å². The zero-order valence-corrected chi connectivity index (χ0v) is 18.7. The number of fused-ring (bicyclic) bond motifs is 1. The Bertz CT molecular complexity index is 1290. The molecule has 1 heterocycles. The van der Waals surface area contributed by atoms with Gasteiger partial charge in [-0.15, -0.1) is 0 Å². The summed E-state index contributed by atoms with van der Waals surface area (Å²) < 4.78 is 51.5. The number of aryl methyl sites for hydroxylation is 1. The Labute approximate surface area is 191 Å². The van der Waals surface area contributed by atoms with Crippen molar-refractivity contribution in [2.24, 2.45) is 0 Å². The summed E-state index contributed by atoms with van der Waals surface area (Å²) in [5, 5.41) is 5.61. The maximum Gasteiger partial charge on any atom is 0.239 e. The van der Waals surface area contributed by atoms with Gasteiger partial charge in [0.2, 0.25) is 15.7 Å². The fourth-order valence-corrected chi connectivity index (χ4v) is 4.88. The number of carbonyl (C=O) groups is 1. The van der Waals surface area contributed by atoms with Crippen LogP contribution in [-0.4, -0.2) is 34.1 Å². The molecule has 172 valence electrons. The largest absolute Gasteiger partial charge is 0.486 e. The Morgan fingerprint density at radius 2 is 1.76 bits per heavy atom. The third kappa shape index (κ3) is 5.09. The zero-order chi connectivity index (χ0) is 23.4. The number of ether oxygens (including phenoxy) is 2. The normalized spacial score (nSPS) is 12.8. The summed E-state index contributed by atoms with van der Waals surface area (Å²) in [5.41, 5.74) is 2.16. The number of amides is 1. The van der Waals surface area contributed by atoms with Gasteiger partial charge in [-0.1, -0.05) is 24.3 Å². The molecule has 0 radical (unpaired) electrons. The summed E-state index contributed by atoms with van der Waals surface area (Å²) in [6, 6.07) is 15.3. The monoisotopic (exact) mass is 470 g/mol. The molecule has 0 bridgehead atoms. The van der Waals surface area contributed by atoms with Crippen molar-refractivity contribution in [3.8, 4) is 11.5 Å². The molecule has 0 fully saturated rings. The van der Waals surface area contributed by atoms with Crippen molar-refractivity contribution in [3.63, 3.8) is 0 Å². The van der Waals surface area contributed by atoms with E-state index >= 15 is 0 Å². The van der Waals surface area contributed by atoms with Crippen LogP contribution in [0.1, 0.15) is 11.1 Å². The van der Waals surface area contributed by atoms with E-state index < -0.39 is 15.7 Å². The first-order valence-electron chi connectivity index (χ1n) is 10.3. The minimum atomic E-state index is -4.10. The van der Waals surface area contributed by atoms with Crippen LogP contribution in [0.4, 0.5) is 10.1 Å². The van der Waals surface area contributed by atoms with E-state index in [1.165, 1.54) is 24.3 Å². The second kappa shape index (κ2) is 9.50. The highest BCUT2D eigenvalue weighted by molar-refractivity contribution is 7.91. The molecule has 0 atom stereocenters. The second-order valence-corrected chi connectivity index (χ2v) is 9.42. The predicted molar refractivity (Wildman–Crippen MR) is 121 cm³/mol. The van der Waals surface area contributed by atoms with Gasteiger partial charge in [0, 0.05) is 12.6 Å². The van der Waals surface area contributed by atoms with Gasteiger partial charge in [0.05, 0.1) is 22.0 Å². The lowest BCUT2D eigenvalue weighted by Crippen LogP contribution is -2.30. The van der Waals surface area contributed by atoms with Crippen molar-refractivity contribution in [1.29, 1.82) is 0 Å². The number of nitrogens with one attached hydrogen (secondary N) is 2. The highest BCUT2D eigenvalue weighted by Gasteiger charge is 2.25. The molecule has 0 saturated carbocycles. The Balaban J connectivity index is 1.51. The Morgan fingerprint density at radius 1 is 1.00 bits per heavy atom. The summed E-state index contributed by atoms with van der Waals surface area (Å²) >= 11 is 0.